The van der Waals surface area contributed by atoms with E-state index >= 15 is 0 Å². The molecule has 1 aliphatic heterocycles. The number of imide groups is 1. The van der Waals surface area contributed by atoms with Crippen LogP contribution < -0.4 is 4.90 Å². The van der Waals surface area contributed by atoms with E-state index in [1.54, 1.807) is 13.0 Å². The minimum Gasteiger partial charge on any atom is -0.268 e. The zero-order valence-electron chi connectivity index (χ0n) is 12.2. The Balaban J connectivity index is 2.08. The third kappa shape index (κ3) is 2.38. The first-order valence-electron chi connectivity index (χ1n) is 6.74. The van der Waals surface area contributed by atoms with Gasteiger partial charge in [-0.2, -0.15) is 13.2 Å². The molecule has 1 aromatic carbocycles. The molecule has 0 saturated carbocycles. The summed E-state index contributed by atoms with van der Waals surface area (Å²) in [7, 11) is 0. The Bertz CT molecular complexity index is 844. The van der Waals surface area contributed by atoms with Gasteiger partial charge in [-0.3, -0.25) is 9.59 Å². The van der Waals surface area contributed by atoms with Crippen LogP contribution in [0.5, 0.6) is 0 Å². The first-order valence-corrected chi connectivity index (χ1v) is 6.74. The summed E-state index contributed by atoms with van der Waals surface area (Å²) in [6.07, 6.45) is -4.58. The number of alkyl halides is 3. The highest BCUT2D eigenvalue weighted by molar-refractivity contribution is 6.34. The number of nitrogens with zero attached hydrogens (tertiary/aromatic N) is 2. The summed E-state index contributed by atoms with van der Waals surface area (Å²) in [6, 6.07) is 5.72. The second kappa shape index (κ2) is 4.91. The molecule has 0 N–H and O–H groups in total. The quantitative estimate of drug-likeness (QED) is 0.756. The van der Waals surface area contributed by atoms with E-state index in [1.807, 2.05) is 6.92 Å². The van der Waals surface area contributed by atoms with E-state index in [1.165, 1.54) is 6.07 Å². The maximum absolute atomic E-state index is 12.8. The van der Waals surface area contributed by atoms with Crippen LogP contribution >= 0.6 is 0 Å². The van der Waals surface area contributed by atoms with E-state index in [4.69, 9.17) is 0 Å². The summed E-state index contributed by atoms with van der Waals surface area (Å²) in [5.41, 5.74) is 0.236. The summed E-state index contributed by atoms with van der Waals surface area (Å²) in [5.74, 6) is -1.37. The fourth-order valence-electron chi connectivity index (χ4n) is 2.37. The lowest BCUT2D eigenvalue weighted by Crippen LogP contribution is -2.30. The average molecular weight is 320 g/mol. The van der Waals surface area contributed by atoms with Crippen molar-refractivity contribution < 1.29 is 22.8 Å². The highest BCUT2D eigenvalue weighted by Gasteiger charge is 2.40. The lowest BCUT2D eigenvalue weighted by molar-refractivity contribution is -0.137. The molecule has 0 unspecified atom stereocenters. The summed E-state index contributed by atoms with van der Waals surface area (Å²) < 4.78 is 38.3. The van der Waals surface area contributed by atoms with Crippen LogP contribution in [0.3, 0.4) is 0 Å². The number of anilines is 1. The predicted molar refractivity (Wildman–Crippen MR) is 76.3 cm³/mol. The zero-order chi connectivity index (χ0) is 16.9. The van der Waals surface area contributed by atoms with Crippen molar-refractivity contribution in [2.24, 2.45) is 0 Å². The SMILES string of the molecule is Cc1ccc(N2C(=O)c3ccc(C(F)(F)F)cc3C2=O)nc1C. The van der Waals surface area contributed by atoms with Crippen molar-refractivity contribution in [1.82, 2.24) is 4.98 Å². The topological polar surface area (TPSA) is 50.3 Å². The predicted octanol–water partition coefficient (Wildman–Crippen LogP) is 3.52. The largest absolute Gasteiger partial charge is 0.416 e. The lowest BCUT2D eigenvalue weighted by atomic mass is 10.1. The van der Waals surface area contributed by atoms with Gasteiger partial charge in [0.2, 0.25) is 0 Å². The van der Waals surface area contributed by atoms with Crippen molar-refractivity contribution in [3.8, 4) is 0 Å². The maximum Gasteiger partial charge on any atom is 0.416 e. The number of hydrogen-bond acceptors (Lipinski definition) is 3. The number of carbonyl (C=O) groups excluding carboxylic acids is 2. The minimum atomic E-state index is -4.58. The number of rotatable bonds is 1. The van der Waals surface area contributed by atoms with Crippen LogP contribution in [0.25, 0.3) is 0 Å². The standard InChI is InChI=1S/C16H11F3N2O2/c1-8-3-6-13(20-9(8)2)21-14(22)11-5-4-10(16(17,18)19)7-12(11)15(21)23/h3-7H,1-2H3. The first-order chi connectivity index (χ1) is 10.7. The van der Waals surface area contributed by atoms with Gasteiger partial charge in [-0.25, -0.2) is 9.88 Å². The number of pyridine rings is 1. The minimum absolute atomic E-state index is 0.0528. The van der Waals surface area contributed by atoms with E-state index in [2.05, 4.69) is 4.98 Å². The summed E-state index contributed by atoms with van der Waals surface area (Å²) in [4.78, 5) is 29.7. The third-order valence-corrected chi connectivity index (χ3v) is 3.78. The number of carbonyl (C=O) groups is 2. The molecule has 0 bridgehead atoms. The maximum atomic E-state index is 12.8. The van der Waals surface area contributed by atoms with E-state index in [9.17, 15) is 22.8 Å². The molecular weight excluding hydrogens is 309 g/mol. The fraction of sp³-hybridized carbons (Fsp3) is 0.188. The number of fused-ring (bicyclic) bond motifs is 1. The van der Waals surface area contributed by atoms with Crippen LogP contribution in [0.1, 0.15) is 37.5 Å². The van der Waals surface area contributed by atoms with Crippen LogP contribution in [-0.4, -0.2) is 16.8 Å². The van der Waals surface area contributed by atoms with Crippen molar-refractivity contribution in [3.63, 3.8) is 0 Å². The van der Waals surface area contributed by atoms with Crippen molar-refractivity contribution in [1.29, 1.82) is 0 Å². The van der Waals surface area contributed by atoms with Crippen molar-refractivity contribution in [3.05, 3.63) is 58.3 Å². The number of hydrogen-bond donors (Lipinski definition) is 0. The molecule has 0 aliphatic carbocycles. The van der Waals surface area contributed by atoms with Crippen molar-refractivity contribution in [2.75, 3.05) is 4.90 Å². The molecule has 2 aromatic rings. The molecule has 3 rings (SSSR count). The third-order valence-electron chi connectivity index (χ3n) is 3.78. The summed E-state index contributed by atoms with van der Waals surface area (Å²) >= 11 is 0. The van der Waals surface area contributed by atoms with Gasteiger partial charge in [0, 0.05) is 5.69 Å². The fourth-order valence-corrected chi connectivity index (χ4v) is 2.37. The van der Waals surface area contributed by atoms with Gasteiger partial charge in [-0.15, -0.1) is 0 Å². The van der Waals surface area contributed by atoms with Gasteiger partial charge in [-0.1, -0.05) is 6.07 Å². The van der Waals surface area contributed by atoms with Gasteiger partial charge in [0.25, 0.3) is 11.8 Å². The Morgan fingerprint density at radius 2 is 1.61 bits per heavy atom. The first kappa shape index (κ1) is 15.2. The second-order valence-electron chi connectivity index (χ2n) is 5.28. The molecule has 4 nitrogen and oxygen atoms in total. The highest BCUT2D eigenvalue weighted by atomic mass is 19.4. The van der Waals surface area contributed by atoms with Crippen LogP contribution in [-0.2, 0) is 6.18 Å². The molecule has 23 heavy (non-hydrogen) atoms. The van der Waals surface area contributed by atoms with E-state index < -0.39 is 23.6 Å². The molecule has 1 aromatic heterocycles. The molecule has 0 saturated heterocycles. The Kier molecular flexibility index (Phi) is 3.24. The molecule has 2 amide bonds. The molecule has 2 heterocycles. The summed E-state index contributed by atoms with van der Waals surface area (Å²) in [6.45, 7) is 3.54. The van der Waals surface area contributed by atoms with E-state index in [-0.39, 0.29) is 16.9 Å². The lowest BCUT2D eigenvalue weighted by Gasteiger charge is -2.13. The number of benzene rings is 1. The molecular formula is C16H11F3N2O2. The van der Waals surface area contributed by atoms with Crippen molar-refractivity contribution >= 4 is 17.6 Å². The van der Waals surface area contributed by atoms with Crippen LogP contribution in [0.15, 0.2) is 30.3 Å². The van der Waals surface area contributed by atoms with E-state index in [0.717, 1.165) is 22.6 Å². The Labute approximate surface area is 129 Å². The second-order valence-corrected chi connectivity index (χ2v) is 5.28. The van der Waals surface area contributed by atoms with Crippen molar-refractivity contribution in [2.45, 2.75) is 20.0 Å². The smallest absolute Gasteiger partial charge is 0.268 e. The van der Waals surface area contributed by atoms with Crippen LogP contribution in [0.4, 0.5) is 19.0 Å². The van der Waals surface area contributed by atoms with Crippen LogP contribution in [0, 0.1) is 13.8 Å². The summed E-state index contributed by atoms with van der Waals surface area (Å²) in [5, 5.41) is 0. The molecule has 0 fully saturated rings. The average Bonchev–Trinajstić information content (AvgIpc) is 2.73. The van der Waals surface area contributed by atoms with Crippen LogP contribution in [0.2, 0.25) is 0 Å². The van der Waals surface area contributed by atoms with Gasteiger partial charge in [0.1, 0.15) is 5.82 Å². The van der Waals surface area contributed by atoms with E-state index in [0.29, 0.717) is 11.8 Å². The Morgan fingerprint density at radius 1 is 0.957 bits per heavy atom. The number of aromatic nitrogens is 1. The van der Waals surface area contributed by atoms with Gasteiger partial charge in [-0.05, 0) is 43.7 Å². The van der Waals surface area contributed by atoms with Gasteiger partial charge < -0.3 is 0 Å². The molecule has 0 spiro atoms. The number of amides is 2. The monoisotopic (exact) mass is 320 g/mol. The van der Waals surface area contributed by atoms with Gasteiger partial charge >= 0.3 is 6.18 Å². The van der Waals surface area contributed by atoms with Gasteiger partial charge in [0.05, 0.1) is 16.7 Å². The molecule has 7 heteroatoms. The number of aryl methyl sites for hydroxylation is 2. The van der Waals surface area contributed by atoms with Gasteiger partial charge in [0.15, 0.2) is 0 Å². The molecule has 0 radical (unpaired) electrons. The molecule has 1 aliphatic rings. The normalized spacial score (nSPS) is 14.4. The molecule has 0 atom stereocenters. The highest BCUT2D eigenvalue weighted by Crippen LogP contribution is 2.34. The molecule has 118 valence electrons. The Hall–Kier alpha value is -2.70. The number of halogens is 3. The Morgan fingerprint density at radius 3 is 2.22 bits per heavy atom. The zero-order valence-corrected chi connectivity index (χ0v) is 12.2.